The summed E-state index contributed by atoms with van der Waals surface area (Å²) < 4.78 is 6.94. The van der Waals surface area contributed by atoms with Crippen LogP contribution in [-0.4, -0.2) is 0 Å². The number of alkyl halides is 1. The third-order valence-electron chi connectivity index (χ3n) is 2.93. The van der Waals surface area contributed by atoms with Gasteiger partial charge >= 0.3 is 0 Å². The zero-order valence-electron chi connectivity index (χ0n) is 11.0. The summed E-state index contributed by atoms with van der Waals surface area (Å²) >= 11 is 9.39. The first kappa shape index (κ1) is 14.4. The van der Waals surface area contributed by atoms with Gasteiger partial charge in [-0.1, -0.05) is 48.0 Å². The van der Waals surface area contributed by atoms with Crippen LogP contribution < -0.4 is 4.74 Å². The van der Waals surface area contributed by atoms with Crippen molar-refractivity contribution in [3.8, 4) is 11.5 Å². The van der Waals surface area contributed by atoms with Crippen molar-refractivity contribution in [1.29, 1.82) is 0 Å². The van der Waals surface area contributed by atoms with Crippen molar-refractivity contribution in [1.82, 2.24) is 0 Å². The molecule has 0 aliphatic heterocycles. The van der Waals surface area contributed by atoms with E-state index >= 15 is 0 Å². The molecule has 0 spiro atoms. The molecular formula is C16H16BrClO. The molecule has 2 aromatic carbocycles. The van der Waals surface area contributed by atoms with Gasteiger partial charge in [0.15, 0.2) is 0 Å². The second-order valence-corrected chi connectivity index (χ2v) is 5.90. The molecule has 0 aliphatic carbocycles. The maximum Gasteiger partial charge on any atom is 0.132 e. The second kappa shape index (κ2) is 6.44. The van der Waals surface area contributed by atoms with Crippen LogP contribution in [0.2, 0.25) is 0 Å². The zero-order valence-corrected chi connectivity index (χ0v) is 13.3. The van der Waals surface area contributed by atoms with Crippen LogP contribution in [0.25, 0.3) is 0 Å². The van der Waals surface area contributed by atoms with Crippen molar-refractivity contribution < 1.29 is 4.74 Å². The molecule has 1 nitrogen and oxygen atoms in total. The fraction of sp³-hybridized carbons (Fsp3) is 0.250. The smallest absolute Gasteiger partial charge is 0.132 e. The van der Waals surface area contributed by atoms with Gasteiger partial charge in [-0.3, -0.25) is 0 Å². The van der Waals surface area contributed by atoms with Gasteiger partial charge in [0.2, 0.25) is 0 Å². The van der Waals surface area contributed by atoms with Crippen LogP contribution in [0.5, 0.6) is 11.5 Å². The summed E-state index contributed by atoms with van der Waals surface area (Å²) in [5.41, 5.74) is 2.25. The molecule has 0 heterocycles. The van der Waals surface area contributed by atoms with Gasteiger partial charge in [0.1, 0.15) is 11.5 Å². The topological polar surface area (TPSA) is 9.23 Å². The summed E-state index contributed by atoms with van der Waals surface area (Å²) in [4.78, 5) is 0. The van der Waals surface area contributed by atoms with E-state index in [1.807, 2.05) is 30.3 Å². The van der Waals surface area contributed by atoms with E-state index in [2.05, 4.69) is 41.9 Å². The van der Waals surface area contributed by atoms with E-state index in [9.17, 15) is 0 Å². The molecule has 2 rings (SSSR count). The van der Waals surface area contributed by atoms with Crippen molar-refractivity contribution in [3.63, 3.8) is 0 Å². The van der Waals surface area contributed by atoms with E-state index in [1.54, 1.807) is 0 Å². The second-order valence-electron chi connectivity index (χ2n) is 4.71. The van der Waals surface area contributed by atoms with Gasteiger partial charge in [0.05, 0.1) is 5.88 Å². The summed E-state index contributed by atoms with van der Waals surface area (Å²) in [5, 5.41) is 0. The summed E-state index contributed by atoms with van der Waals surface area (Å²) in [7, 11) is 0. The van der Waals surface area contributed by atoms with Crippen molar-refractivity contribution in [2.45, 2.75) is 25.6 Å². The first-order valence-electron chi connectivity index (χ1n) is 6.22. The lowest BCUT2D eigenvalue weighted by molar-refractivity contribution is 0.477. The number of rotatable bonds is 4. The van der Waals surface area contributed by atoms with Crippen LogP contribution in [0.1, 0.15) is 30.9 Å². The van der Waals surface area contributed by atoms with E-state index in [0.717, 1.165) is 21.5 Å². The Morgan fingerprint density at radius 2 is 1.95 bits per heavy atom. The van der Waals surface area contributed by atoms with Crippen LogP contribution in [0.4, 0.5) is 0 Å². The predicted octanol–water partition coefficient (Wildman–Crippen LogP) is 6.10. The molecular weight excluding hydrogens is 324 g/mol. The average Bonchev–Trinajstić information content (AvgIpc) is 2.39. The Hall–Kier alpha value is -0.990. The Morgan fingerprint density at radius 3 is 2.63 bits per heavy atom. The van der Waals surface area contributed by atoms with Gasteiger partial charge in [0, 0.05) is 10.0 Å². The van der Waals surface area contributed by atoms with Gasteiger partial charge in [-0.2, -0.15) is 0 Å². The number of benzene rings is 2. The minimum atomic E-state index is 0.437. The average molecular weight is 340 g/mol. The Labute approximate surface area is 127 Å². The predicted molar refractivity (Wildman–Crippen MR) is 84.3 cm³/mol. The largest absolute Gasteiger partial charge is 0.457 e. The number of hydrogen-bond donors (Lipinski definition) is 0. The lowest BCUT2D eigenvalue weighted by Crippen LogP contribution is -1.92. The highest BCUT2D eigenvalue weighted by atomic mass is 79.9. The lowest BCUT2D eigenvalue weighted by Gasteiger charge is -2.12. The van der Waals surface area contributed by atoms with E-state index < -0.39 is 0 Å². The maximum absolute atomic E-state index is 5.96. The highest BCUT2D eigenvalue weighted by Crippen LogP contribution is 2.31. The van der Waals surface area contributed by atoms with E-state index in [4.69, 9.17) is 16.3 Å². The van der Waals surface area contributed by atoms with E-state index in [1.165, 1.54) is 5.56 Å². The first-order valence-corrected chi connectivity index (χ1v) is 7.55. The summed E-state index contributed by atoms with van der Waals surface area (Å²) in [6.45, 7) is 4.34. The van der Waals surface area contributed by atoms with Gasteiger partial charge in [-0.05, 0) is 35.7 Å². The maximum atomic E-state index is 5.96. The van der Waals surface area contributed by atoms with Crippen LogP contribution in [0.3, 0.4) is 0 Å². The molecule has 100 valence electrons. The van der Waals surface area contributed by atoms with Gasteiger partial charge in [-0.15, -0.1) is 11.6 Å². The number of halogens is 2. The molecule has 0 N–H and O–H groups in total. The molecule has 0 saturated carbocycles. The third kappa shape index (κ3) is 3.74. The van der Waals surface area contributed by atoms with Crippen LogP contribution in [0.15, 0.2) is 46.9 Å². The highest BCUT2D eigenvalue weighted by Gasteiger charge is 2.07. The lowest BCUT2D eigenvalue weighted by atomic mass is 10.0. The quantitative estimate of drug-likeness (QED) is 0.611. The Balaban J connectivity index is 2.30. The summed E-state index contributed by atoms with van der Waals surface area (Å²) in [5.74, 6) is 2.56. The summed E-state index contributed by atoms with van der Waals surface area (Å²) in [6, 6.07) is 14.0. The van der Waals surface area contributed by atoms with Crippen LogP contribution in [-0.2, 0) is 5.88 Å². The molecule has 3 heteroatoms. The molecule has 0 saturated heterocycles. The van der Waals surface area contributed by atoms with Crippen molar-refractivity contribution in [2.75, 3.05) is 0 Å². The Bertz CT molecular complexity index is 566. The highest BCUT2D eigenvalue weighted by molar-refractivity contribution is 9.10. The van der Waals surface area contributed by atoms with Crippen molar-refractivity contribution in [2.24, 2.45) is 0 Å². The first-order chi connectivity index (χ1) is 9.10. The molecule has 19 heavy (non-hydrogen) atoms. The molecule has 0 aliphatic rings. The Morgan fingerprint density at radius 1 is 1.16 bits per heavy atom. The molecule has 0 fully saturated rings. The standard InChI is InChI=1S/C16H16BrClO/c1-11(2)12-4-3-5-15(8-12)19-16-9-14(17)7-6-13(16)10-18/h3-9,11H,10H2,1-2H3. The van der Waals surface area contributed by atoms with E-state index in [0.29, 0.717) is 11.8 Å². The molecule has 0 atom stereocenters. The molecule has 0 aromatic heterocycles. The number of hydrogen-bond acceptors (Lipinski definition) is 1. The van der Waals surface area contributed by atoms with Gasteiger partial charge < -0.3 is 4.74 Å². The van der Waals surface area contributed by atoms with Crippen molar-refractivity contribution in [3.05, 3.63) is 58.1 Å². The molecule has 0 bridgehead atoms. The van der Waals surface area contributed by atoms with E-state index in [-0.39, 0.29) is 0 Å². The zero-order chi connectivity index (χ0) is 13.8. The molecule has 2 aromatic rings. The van der Waals surface area contributed by atoms with Crippen molar-refractivity contribution >= 4 is 27.5 Å². The Kier molecular flexibility index (Phi) is 4.89. The molecule has 0 unspecified atom stereocenters. The third-order valence-corrected chi connectivity index (χ3v) is 3.71. The number of ether oxygens (including phenoxy) is 1. The molecule has 0 amide bonds. The van der Waals surface area contributed by atoms with Gasteiger partial charge in [0.25, 0.3) is 0 Å². The minimum Gasteiger partial charge on any atom is -0.457 e. The monoisotopic (exact) mass is 338 g/mol. The minimum absolute atomic E-state index is 0.437. The molecule has 0 radical (unpaired) electrons. The normalized spacial score (nSPS) is 10.8. The summed E-state index contributed by atoms with van der Waals surface area (Å²) in [6.07, 6.45) is 0. The van der Waals surface area contributed by atoms with Crippen LogP contribution in [0, 0.1) is 0 Å². The SMILES string of the molecule is CC(C)c1cccc(Oc2cc(Br)ccc2CCl)c1. The fourth-order valence-corrected chi connectivity index (χ4v) is 2.36. The van der Waals surface area contributed by atoms with Crippen LogP contribution >= 0.6 is 27.5 Å². The fourth-order valence-electron chi connectivity index (χ4n) is 1.80. The van der Waals surface area contributed by atoms with Gasteiger partial charge in [-0.25, -0.2) is 0 Å².